The topological polar surface area (TPSA) is 48.1 Å². The highest BCUT2D eigenvalue weighted by atomic mass is 16.5. The van der Waals surface area contributed by atoms with Gasteiger partial charge in [-0.2, -0.15) is 0 Å². The third kappa shape index (κ3) is 3.43. The molecule has 1 aliphatic carbocycles. The van der Waals surface area contributed by atoms with Crippen LogP contribution in [0.15, 0.2) is 18.3 Å². The van der Waals surface area contributed by atoms with Crippen LogP contribution in [0.1, 0.15) is 51.1 Å². The summed E-state index contributed by atoms with van der Waals surface area (Å²) < 4.78 is 5.91. The fraction of sp³-hybridized carbons (Fsp3) is 0.643. The number of ether oxygens (including phenoxy) is 1. The van der Waals surface area contributed by atoms with Crippen LogP contribution >= 0.6 is 0 Å². The summed E-state index contributed by atoms with van der Waals surface area (Å²) in [6, 6.07) is 3.96. The molecule has 3 unspecified atom stereocenters. The first-order valence-corrected chi connectivity index (χ1v) is 6.53. The molecule has 1 saturated carbocycles. The van der Waals surface area contributed by atoms with Gasteiger partial charge in [0, 0.05) is 18.3 Å². The van der Waals surface area contributed by atoms with Crippen LogP contribution in [0.3, 0.4) is 0 Å². The zero-order valence-corrected chi connectivity index (χ0v) is 10.7. The second kappa shape index (κ2) is 5.50. The number of hydrogen-bond donors (Lipinski definition) is 1. The number of rotatable bonds is 3. The van der Waals surface area contributed by atoms with E-state index in [2.05, 4.69) is 11.9 Å². The monoisotopic (exact) mass is 234 g/mol. The summed E-state index contributed by atoms with van der Waals surface area (Å²) in [5.41, 5.74) is 6.84. The highest BCUT2D eigenvalue weighted by Crippen LogP contribution is 2.26. The fourth-order valence-electron chi connectivity index (χ4n) is 2.39. The number of hydrogen-bond acceptors (Lipinski definition) is 3. The smallest absolute Gasteiger partial charge is 0.213 e. The van der Waals surface area contributed by atoms with Gasteiger partial charge in [-0.3, -0.25) is 0 Å². The summed E-state index contributed by atoms with van der Waals surface area (Å²) in [5, 5.41) is 0. The van der Waals surface area contributed by atoms with Gasteiger partial charge in [-0.25, -0.2) is 4.98 Å². The lowest BCUT2D eigenvalue weighted by atomic mass is 9.89. The zero-order chi connectivity index (χ0) is 12.3. The summed E-state index contributed by atoms with van der Waals surface area (Å²) in [7, 11) is 0. The minimum Gasteiger partial charge on any atom is -0.474 e. The van der Waals surface area contributed by atoms with Gasteiger partial charge in [0.05, 0.1) is 0 Å². The SMILES string of the molecule is CC1CCCC(Oc2ccc(C(C)N)cn2)C1. The van der Waals surface area contributed by atoms with Crippen LogP contribution in [-0.2, 0) is 0 Å². The van der Waals surface area contributed by atoms with Gasteiger partial charge >= 0.3 is 0 Å². The van der Waals surface area contributed by atoms with Crippen LogP contribution in [0.2, 0.25) is 0 Å². The molecule has 1 heterocycles. The van der Waals surface area contributed by atoms with Gasteiger partial charge in [0.2, 0.25) is 5.88 Å². The normalized spacial score (nSPS) is 26.5. The van der Waals surface area contributed by atoms with Crippen LogP contribution in [0.25, 0.3) is 0 Å². The lowest BCUT2D eigenvalue weighted by molar-refractivity contribution is 0.124. The summed E-state index contributed by atoms with van der Waals surface area (Å²) in [6.07, 6.45) is 7.05. The summed E-state index contributed by atoms with van der Waals surface area (Å²) in [4.78, 5) is 4.32. The van der Waals surface area contributed by atoms with Crippen molar-refractivity contribution in [2.24, 2.45) is 11.7 Å². The number of aromatic nitrogens is 1. The van der Waals surface area contributed by atoms with Crippen LogP contribution in [-0.4, -0.2) is 11.1 Å². The van der Waals surface area contributed by atoms with Crippen LogP contribution in [0.5, 0.6) is 5.88 Å². The first-order chi connectivity index (χ1) is 8.15. The Hall–Kier alpha value is -1.09. The summed E-state index contributed by atoms with van der Waals surface area (Å²) in [6.45, 7) is 4.25. The quantitative estimate of drug-likeness (QED) is 0.874. The molecule has 1 aromatic heterocycles. The van der Waals surface area contributed by atoms with E-state index in [0.29, 0.717) is 6.10 Å². The molecule has 3 nitrogen and oxygen atoms in total. The molecule has 1 aliphatic rings. The largest absolute Gasteiger partial charge is 0.474 e. The molecule has 0 saturated heterocycles. The summed E-state index contributed by atoms with van der Waals surface area (Å²) >= 11 is 0. The Bertz CT molecular complexity index is 348. The number of pyridine rings is 1. The molecule has 1 aromatic rings. The second-order valence-electron chi connectivity index (χ2n) is 5.23. The molecule has 94 valence electrons. The van der Waals surface area contributed by atoms with Gasteiger partial charge < -0.3 is 10.5 Å². The van der Waals surface area contributed by atoms with E-state index >= 15 is 0 Å². The minimum atomic E-state index is 0.0336. The Labute approximate surface area is 103 Å². The molecule has 17 heavy (non-hydrogen) atoms. The maximum Gasteiger partial charge on any atom is 0.213 e. The molecule has 2 rings (SSSR count). The van der Waals surface area contributed by atoms with E-state index in [0.717, 1.165) is 30.2 Å². The molecule has 2 N–H and O–H groups in total. The summed E-state index contributed by atoms with van der Waals surface area (Å²) in [5.74, 6) is 1.51. The standard InChI is InChI=1S/C14H22N2O/c1-10-4-3-5-13(8-10)17-14-7-6-12(9-16-14)11(2)15/h6-7,9-11,13H,3-5,8,15H2,1-2H3. The molecule has 3 heteroatoms. The van der Waals surface area contributed by atoms with Gasteiger partial charge in [0.15, 0.2) is 0 Å². The Morgan fingerprint density at radius 1 is 1.41 bits per heavy atom. The van der Waals surface area contributed by atoms with Gasteiger partial charge in [-0.05, 0) is 37.7 Å². The molecule has 0 spiro atoms. The maximum atomic E-state index is 5.91. The van der Waals surface area contributed by atoms with E-state index in [1.807, 2.05) is 25.3 Å². The molecule has 1 fully saturated rings. The van der Waals surface area contributed by atoms with Crippen molar-refractivity contribution in [2.45, 2.75) is 51.7 Å². The average Bonchev–Trinajstić information content (AvgIpc) is 2.29. The van der Waals surface area contributed by atoms with Crippen molar-refractivity contribution in [2.75, 3.05) is 0 Å². The van der Waals surface area contributed by atoms with Crippen LogP contribution in [0.4, 0.5) is 0 Å². The molecule has 0 aliphatic heterocycles. The minimum absolute atomic E-state index is 0.0336. The highest BCUT2D eigenvalue weighted by molar-refractivity contribution is 5.20. The fourth-order valence-corrected chi connectivity index (χ4v) is 2.39. The molecular formula is C14H22N2O. The van der Waals surface area contributed by atoms with Crippen molar-refractivity contribution in [3.63, 3.8) is 0 Å². The van der Waals surface area contributed by atoms with Crippen LogP contribution < -0.4 is 10.5 Å². The van der Waals surface area contributed by atoms with Crippen molar-refractivity contribution in [3.8, 4) is 5.88 Å². The molecular weight excluding hydrogens is 212 g/mol. The van der Waals surface area contributed by atoms with Crippen LogP contribution in [0, 0.1) is 5.92 Å². The number of nitrogens with two attached hydrogens (primary N) is 1. The van der Waals surface area contributed by atoms with Gasteiger partial charge in [0.25, 0.3) is 0 Å². The molecule has 0 aromatic carbocycles. The Balaban J connectivity index is 1.94. The van der Waals surface area contributed by atoms with Crippen molar-refractivity contribution in [3.05, 3.63) is 23.9 Å². The second-order valence-corrected chi connectivity index (χ2v) is 5.23. The molecule has 0 radical (unpaired) electrons. The highest BCUT2D eigenvalue weighted by Gasteiger charge is 2.20. The lowest BCUT2D eigenvalue weighted by Crippen LogP contribution is -2.24. The van der Waals surface area contributed by atoms with Crippen molar-refractivity contribution in [1.29, 1.82) is 0 Å². The number of nitrogens with zero attached hydrogens (tertiary/aromatic N) is 1. The van der Waals surface area contributed by atoms with E-state index < -0.39 is 0 Å². The maximum absolute atomic E-state index is 5.91. The van der Waals surface area contributed by atoms with E-state index in [-0.39, 0.29) is 6.04 Å². The third-order valence-corrected chi connectivity index (χ3v) is 3.46. The predicted molar refractivity (Wildman–Crippen MR) is 68.9 cm³/mol. The Kier molecular flexibility index (Phi) is 4.00. The van der Waals surface area contributed by atoms with Crippen molar-refractivity contribution in [1.82, 2.24) is 4.98 Å². The van der Waals surface area contributed by atoms with E-state index in [4.69, 9.17) is 10.5 Å². The lowest BCUT2D eigenvalue weighted by Gasteiger charge is -2.26. The molecule has 3 atom stereocenters. The third-order valence-electron chi connectivity index (χ3n) is 3.46. The van der Waals surface area contributed by atoms with Gasteiger partial charge in [-0.15, -0.1) is 0 Å². The molecule has 0 amide bonds. The first-order valence-electron chi connectivity index (χ1n) is 6.53. The van der Waals surface area contributed by atoms with E-state index in [9.17, 15) is 0 Å². The Morgan fingerprint density at radius 2 is 2.24 bits per heavy atom. The van der Waals surface area contributed by atoms with E-state index in [1.54, 1.807) is 0 Å². The van der Waals surface area contributed by atoms with Crippen molar-refractivity contribution < 1.29 is 4.74 Å². The predicted octanol–water partition coefficient (Wildman–Crippen LogP) is 3.06. The zero-order valence-electron chi connectivity index (χ0n) is 10.7. The van der Waals surface area contributed by atoms with E-state index in [1.165, 1.54) is 12.8 Å². The molecule has 0 bridgehead atoms. The van der Waals surface area contributed by atoms with Gasteiger partial charge in [-0.1, -0.05) is 19.4 Å². The average molecular weight is 234 g/mol. The first kappa shape index (κ1) is 12.4. The van der Waals surface area contributed by atoms with Gasteiger partial charge in [0.1, 0.15) is 6.10 Å². The van der Waals surface area contributed by atoms with Crippen molar-refractivity contribution >= 4 is 0 Å². The Morgan fingerprint density at radius 3 is 2.82 bits per heavy atom.